The van der Waals surface area contributed by atoms with Gasteiger partial charge in [0, 0.05) is 18.0 Å². The molecule has 138 valence electrons. The van der Waals surface area contributed by atoms with Crippen molar-refractivity contribution in [1.29, 1.82) is 0 Å². The molecule has 7 heteroatoms. The molecule has 6 nitrogen and oxygen atoms in total. The number of nitrogens with one attached hydrogen (secondary N) is 3. The zero-order chi connectivity index (χ0) is 19.1. The Hall–Kier alpha value is -3.06. The summed E-state index contributed by atoms with van der Waals surface area (Å²) in [4.78, 5) is 31.4. The van der Waals surface area contributed by atoms with E-state index in [-0.39, 0.29) is 0 Å². The van der Waals surface area contributed by atoms with Gasteiger partial charge in [0.1, 0.15) is 0 Å². The van der Waals surface area contributed by atoms with Crippen LogP contribution in [0.25, 0.3) is 11.3 Å². The molecule has 3 N–H and O–H groups in total. The van der Waals surface area contributed by atoms with Gasteiger partial charge < -0.3 is 15.6 Å². The molecule has 0 saturated heterocycles. The summed E-state index contributed by atoms with van der Waals surface area (Å²) in [6.45, 7) is 2.24. The van der Waals surface area contributed by atoms with Crippen molar-refractivity contribution in [2.45, 2.75) is 12.1 Å². The summed E-state index contributed by atoms with van der Waals surface area (Å²) in [7, 11) is 0. The molecule has 0 atom stereocenters. The number of H-pyrrole nitrogens is 1. The third-order valence-corrected chi connectivity index (χ3v) is 4.75. The van der Waals surface area contributed by atoms with Crippen molar-refractivity contribution in [2.75, 3.05) is 17.6 Å². The second-order valence-electron chi connectivity index (χ2n) is 5.84. The van der Waals surface area contributed by atoms with Crippen LogP contribution in [0.3, 0.4) is 0 Å². The summed E-state index contributed by atoms with van der Waals surface area (Å²) in [5, 5.41) is 6.00. The summed E-state index contributed by atoms with van der Waals surface area (Å²) >= 11 is 1.48. The topological polar surface area (TPSA) is 86.9 Å². The van der Waals surface area contributed by atoms with Crippen molar-refractivity contribution in [3.63, 3.8) is 0 Å². The Morgan fingerprint density at radius 3 is 2.56 bits per heavy atom. The summed E-state index contributed by atoms with van der Waals surface area (Å²) < 4.78 is 0. The zero-order valence-corrected chi connectivity index (χ0v) is 15.7. The van der Waals surface area contributed by atoms with Gasteiger partial charge in [0.15, 0.2) is 5.16 Å². The zero-order valence-electron chi connectivity index (χ0n) is 14.9. The normalized spacial score (nSPS) is 10.4. The molecule has 2 aromatic carbocycles. The number of carbonyl (C=O) groups excluding carboxylic acids is 2. The van der Waals surface area contributed by atoms with Crippen LogP contribution in [0.15, 0.2) is 66.0 Å². The first-order chi connectivity index (χ1) is 13.1. The minimum atomic E-state index is -0.668. The van der Waals surface area contributed by atoms with E-state index in [2.05, 4.69) is 20.6 Å². The number of benzene rings is 2. The second-order valence-corrected chi connectivity index (χ2v) is 6.93. The summed E-state index contributed by atoms with van der Waals surface area (Å²) in [6.07, 6.45) is 1.78. The van der Waals surface area contributed by atoms with E-state index in [1.54, 1.807) is 12.3 Å². The van der Waals surface area contributed by atoms with E-state index in [0.717, 1.165) is 22.0 Å². The van der Waals surface area contributed by atoms with Crippen LogP contribution in [0.4, 0.5) is 5.69 Å². The minimum absolute atomic E-state index is 0.367. The number of aromatic amines is 1. The van der Waals surface area contributed by atoms with Gasteiger partial charge >= 0.3 is 11.8 Å². The monoisotopic (exact) mass is 380 g/mol. The van der Waals surface area contributed by atoms with Gasteiger partial charge in [-0.3, -0.25) is 9.59 Å². The van der Waals surface area contributed by atoms with Crippen LogP contribution in [-0.4, -0.2) is 34.1 Å². The Labute approximate surface area is 161 Å². The van der Waals surface area contributed by atoms with Crippen LogP contribution in [0.1, 0.15) is 5.56 Å². The molecule has 0 radical (unpaired) electrons. The third-order valence-electron chi connectivity index (χ3n) is 3.86. The van der Waals surface area contributed by atoms with Crippen molar-refractivity contribution in [1.82, 2.24) is 15.3 Å². The Morgan fingerprint density at radius 1 is 1.04 bits per heavy atom. The van der Waals surface area contributed by atoms with Gasteiger partial charge in [0.2, 0.25) is 0 Å². The fraction of sp³-hybridized carbons (Fsp3) is 0.150. The number of rotatable bonds is 6. The van der Waals surface area contributed by atoms with E-state index < -0.39 is 11.8 Å². The molecule has 0 bridgehead atoms. The SMILES string of the molecule is Cc1ccccc1NC(=O)C(=O)NCCSc1ncc(-c2ccccc2)[nH]1. The van der Waals surface area contributed by atoms with Crippen molar-refractivity contribution < 1.29 is 9.59 Å². The van der Waals surface area contributed by atoms with Gasteiger partial charge in [-0.25, -0.2) is 4.98 Å². The first-order valence-corrected chi connectivity index (χ1v) is 9.50. The second kappa shape index (κ2) is 9.05. The lowest BCUT2D eigenvalue weighted by molar-refractivity contribution is -0.136. The van der Waals surface area contributed by atoms with E-state index in [0.29, 0.717) is 18.0 Å². The molecule has 0 spiro atoms. The highest BCUT2D eigenvalue weighted by atomic mass is 32.2. The number of aryl methyl sites for hydroxylation is 1. The fourth-order valence-electron chi connectivity index (χ4n) is 2.43. The Balaban J connectivity index is 1.42. The molecule has 0 aliphatic rings. The van der Waals surface area contributed by atoms with E-state index in [1.807, 2.05) is 55.5 Å². The molecule has 1 aromatic heterocycles. The van der Waals surface area contributed by atoms with E-state index in [4.69, 9.17) is 0 Å². The van der Waals surface area contributed by atoms with Crippen LogP contribution in [0.5, 0.6) is 0 Å². The lowest BCUT2D eigenvalue weighted by Gasteiger charge is -2.08. The van der Waals surface area contributed by atoms with Crippen LogP contribution >= 0.6 is 11.8 Å². The maximum atomic E-state index is 11.9. The van der Waals surface area contributed by atoms with E-state index in [1.165, 1.54) is 11.8 Å². The standard InChI is InChI=1S/C20H20N4O2S/c1-14-7-5-6-10-16(14)23-19(26)18(25)21-11-12-27-20-22-13-17(24-20)15-8-3-2-4-9-15/h2-10,13H,11-12H2,1H3,(H,21,25)(H,22,24)(H,23,26). The van der Waals surface area contributed by atoms with E-state index in [9.17, 15) is 9.59 Å². The largest absolute Gasteiger partial charge is 0.347 e. The molecule has 0 aliphatic heterocycles. The molecule has 0 aliphatic carbocycles. The predicted molar refractivity (Wildman–Crippen MR) is 108 cm³/mol. The molecular weight excluding hydrogens is 360 g/mol. The number of imidazole rings is 1. The number of carbonyl (C=O) groups is 2. The lowest BCUT2D eigenvalue weighted by atomic mass is 10.2. The molecule has 0 fully saturated rings. The number of thioether (sulfide) groups is 1. The van der Waals surface area contributed by atoms with Crippen LogP contribution in [0.2, 0.25) is 0 Å². The number of hydrogen-bond donors (Lipinski definition) is 3. The number of para-hydroxylation sites is 1. The number of aromatic nitrogens is 2. The summed E-state index contributed by atoms with van der Waals surface area (Å²) in [6, 6.07) is 17.2. The number of amides is 2. The molecule has 2 amide bonds. The molecule has 3 aromatic rings. The Kier molecular flexibility index (Phi) is 6.27. The average Bonchev–Trinajstić information content (AvgIpc) is 3.16. The quantitative estimate of drug-likeness (QED) is 0.348. The first kappa shape index (κ1) is 18.7. The van der Waals surface area contributed by atoms with Crippen molar-refractivity contribution >= 4 is 29.3 Å². The number of anilines is 1. The smallest absolute Gasteiger partial charge is 0.313 e. The highest BCUT2D eigenvalue weighted by Crippen LogP contribution is 2.20. The van der Waals surface area contributed by atoms with Gasteiger partial charge in [-0.05, 0) is 24.1 Å². The fourth-order valence-corrected chi connectivity index (χ4v) is 3.13. The predicted octanol–water partition coefficient (Wildman–Crippen LogP) is 3.23. The maximum Gasteiger partial charge on any atom is 0.313 e. The average molecular weight is 380 g/mol. The molecule has 0 saturated carbocycles. The minimum Gasteiger partial charge on any atom is -0.347 e. The number of nitrogens with zero attached hydrogens (tertiary/aromatic N) is 1. The van der Waals surface area contributed by atoms with Gasteiger partial charge in [-0.15, -0.1) is 0 Å². The Bertz CT molecular complexity index is 924. The summed E-state index contributed by atoms with van der Waals surface area (Å²) in [5.41, 5.74) is 3.55. The summed E-state index contributed by atoms with van der Waals surface area (Å²) in [5.74, 6) is -0.715. The first-order valence-electron chi connectivity index (χ1n) is 8.51. The van der Waals surface area contributed by atoms with Crippen LogP contribution in [-0.2, 0) is 9.59 Å². The molecule has 3 rings (SSSR count). The van der Waals surface area contributed by atoms with E-state index >= 15 is 0 Å². The van der Waals surface area contributed by atoms with Gasteiger partial charge in [0.25, 0.3) is 0 Å². The molecule has 1 heterocycles. The molecule has 27 heavy (non-hydrogen) atoms. The highest BCUT2D eigenvalue weighted by molar-refractivity contribution is 7.99. The van der Waals surface area contributed by atoms with Crippen LogP contribution in [0, 0.1) is 6.92 Å². The van der Waals surface area contributed by atoms with Gasteiger partial charge in [0.05, 0.1) is 11.9 Å². The number of hydrogen-bond acceptors (Lipinski definition) is 4. The van der Waals surface area contributed by atoms with Crippen molar-refractivity contribution in [3.05, 3.63) is 66.4 Å². The van der Waals surface area contributed by atoms with Gasteiger partial charge in [-0.2, -0.15) is 0 Å². The molecule has 0 unspecified atom stereocenters. The molecular formula is C20H20N4O2S. The van der Waals surface area contributed by atoms with Crippen molar-refractivity contribution in [2.24, 2.45) is 0 Å². The highest BCUT2D eigenvalue weighted by Gasteiger charge is 2.14. The van der Waals surface area contributed by atoms with Crippen LogP contribution < -0.4 is 10.6 Å². The Morgan fingerprint density at radius 2 is 1.78 bits per heavy atom. The lowest BCUT2D eigenvalue weighted by Crippen LogP contribution is -2.36. The third kappa shape index (κ3) is 5.21. The maximum absolute atomic E-state index is 11.9. The van der Waals surface area contributed by atoms with Gasteiger partial charge in [-0.1, -0.05) is 60.3 Å². The van der Waals surface area contributed by atoms with Crippen molar-refractivity contribution in [3.8, 4) is 11.3 Å².